The van der Waals surface area contributed by atoms with Crippen molar-refractivity contribution in [3.8, 4) is 0 Å². The average molecular weight is 256 g/mol. The number of hydrogen-bond acceptors (Lipinski definition) is 3. The SMILES string of the molecule is O[C@@H]1c2c(ccc3oc4c(c23)CCCC4)C=C[C@@H]1O. The summed E-state index contributed by atoms with van der Waals surface area (Å²) in [4.78, 5) is 0. The van der Waals surface area contributed by atoms with Gasteiger partial charge in [0, 0.05) is 22.9 Å². The van der Waals surface area contributed by atoms with Gasteiger partial charge < -0.3 is 14.6 Å². The molecule has 1 aromatic heterocycles. The molecule has 0 saturated carbocycles. The Kier molecular flexibility index (Phi) is 2.34. The van der Waals surface area contributed by atoms with Gasteiger partial charge in [-0.05, 0) is 30.9 Å². The number of hydrogen-bond donors (Lipinski definition) is 2. The molecule has 2 aliphatic rings. The maximum Gasteiger partial charge on any atom is 0.134 e. The van der Waals surface area contributed by atoms with E-state index < -0.39 is 12.2 Å². The summed E-state index contributed by atoms with van der Waals surface area (Å²) in [5.74, 6) is 1.06. The van der Waals surface area contributed by atoms with Crippen LogP contribution in [0, 0.1) is 0 Å². The lowest BCUT2D eigenvalue weighted by Crippen LogP contribution is -2.20. The van der Waals surface area contributed by atoms with Crippen molar-refractivity contribution in [3.63, 3.8) is 0 Å². The minimum Gasteiger partial charge on any atom is -0.461 e. The predicted molar refractivity (Wildman–Crippen MR) is 72.9 cm³/mol. The minimum atomic E-state index is -0.854. The largest absolute Gasteiger partial charge is 0.461 e. The van der Waals surface area contributed by atoms with Crippen LogP contribution in [-0.2, 0) is 12.8 Å². The van der Waals surface area contributed by atoms with Crippen LogP contribution in [0.15, 0.2) is 22.6 Å². The van der Waals surface area contributed by atoms with Gasteiger partial charge in [0.2, 0.25) is 0 Å². The van der Waals surface area contributed by atoms with Crippen LogP contribution in [-0.4, -0.2) is 16.3 Å². The minimum absolute atomic E-state index is 0.827. The first kappa shape index (κ1) is 11.3. The van der Waals surface area contributed by atoms with Gasteiger partial charge in [-0.2, -0.15) is 0 Å². The summed E-state index contributed by atoms with van der Waals surface area (Å²) in [6.45, 7) is 0. The zero-order chi connectivity index (χ0) is 13.0. The highest BCUT2D eigenvalue weighted by molar-refractivity contribution is 5.90. The lowest BCUT2D eigenvalue weighted by molar-refractivity contribution is 0.0480. The smallest absolute Gasteiger partial charge is 0.134 e. The van der Waals surface area contributed by atoms with Crippen LogP contribution in [0.2, 0.25) is 0 Å². The second-order valence-corrected chi connectivity index (χ2v) is 5.45. The molecule has 1 heterocycles. The summed E-state index contributed by atoms with van der Waals surface area (Å²) in [5, 5.41) is 21.2. The van der Waals surface area contributed by atoms with Gasteiger partial charge in [-0.15, -0.1) is 0 Å². The van der Waals surface area contributed by atoms with Crippen molar-refractivity contribution >= 4 is 17.0 Å². The molecule has 3 heteroatoms. The lowest BCUT2D eigenvalue weighted by atomic mass is 9.86. The average Bonchev–Trinajstić information content (AvgIpc) is 2.81. The molecular weight excluding hydrogens is 240 g/mol. The standard InChI is InChI=1S/C16H16O3/c17-11-7-5-9-6-8-13-15(14(9)16(11)18)10-3-1-2-4-12(10)19-13/h5-8,11,16-18H,1-4H2/t11-,16-/m0/s1. The zero-order valence-corrected chi connectivity index (χ0v) is 10.6. The highest BCUT2D eigenvalue weighted by atomic mass is 16.3. The first-order valence-electron chi connectivity index (χ1n) is 6.87. The molecule has 1 aromatic carbocycles. The molecule has 0 amide bonds. The van der Waals surface area contributed by atoms with E-state index in [0.29, 0.717) is 0 Å². The van der Waals surface area contributed by atoms with Crippen LogP contribution < -0.4 is 0 Å². The van der Waals surface area contributed by atoms with Crippen LogP contribution in [0.1, 0.15) is 41.4 Å². The van der Waals surface area contributed by atoms with E-state index >= 15 is 0 Å². The molecule has 4 rings (SSSR count). The normalized spacial score (nSPS) is 25.4. The Bertz CT molecular complexity index is 681. The molecule has 3 nitrogen and oxygen atoms in total. The fourth-order valence-corrected chi connectivity index (χ4v) is 3.34. The Morgan fingerprint density at radius 3 is 2.84 bits per heavy atom. The van der Waals surface area contributed by atoms with Gasteiger partial charge in [0.1, 0.15) is 23.6 Å². The van der Waals surface area contributed by atoms with Crippen molar-refractivity contribution in [3.05, 3.63) is 40.7 Å². The number of rotatable bonds is 0. The third-order valence-electron chi connectivity index (χ3n) is 4.29. The Hall–Kier alpha value is -1.58. The molecule has 0 radical (unpaired) electrons. The van der Waals surface area contributed by atoms with Crippen molar-refractivity contribution in [2.75, 3.05) is 0 Å². The molecule has 2 aliphatic carbocycles. The highest BCUT2D eigenvalue weighted by Gasteiger charge is 2.29. The van der Waals surface area contributed by atoms with Crippen LogP contribution in [0.5, 0.6) is 0 Å². The number of aliphatic hydroxyl groups is 2. The second-order valence-electron chi connectivity index (χ2n) is 5.45. The molecule has 0 unspecified atom stereocenters. The lowest BCUT2D eigenvalue weighted by Gasteiger charge is -2.23. The van der Waals surface area contributed by atoms with Gasteiger partial charge in [0.05, 0.1) is 0 Å². The fourth-order valence-electron chi connectivity index (χ4n) is 3.34. The molecule has 2 aromatic rings. The maximum atomic E-state index is 10.3. The monoisotopic (exact) mass is 256 g/mol. The topological polar surface area (TPSA) is 53.6 Å². The van der Waals surface area contributed by atoms with Gasteiger partial charge in [-0.3, -0.25) is 0 Å². The van der Waals surface area contributed by atoms with E-state index in [9.17, 15) is 10.2 Å². The number of aliphatic hydroxyl groups excluding tert-OH is 2. The summed E-state index contributed by atoms with van der Waals surface area (Å²) >= 11 is 0. The Balaban J connectivity index is 2.07. The Labute approximate surface area is 111 Å². The number of benzene rings is 1. The third kappa shape index (κ3) is 1.52. The molecular formula is C16H16O3. The van der Waals surface area contributed by atoms with Crippen molar-refractivity contribution in [1.82, 2.24) is 0 Å². The maximum absolute atomic E-state index is 10.3. The number of furan rings is 1. The van der Waals surface area contributed by atoms with Gasteiger partial charge in [-0.25, -0.2) is 0 Å². The van der Waals surface area contributed by atoms with E-state index in [2.05, 4.69) is 0 Å². The summed E-state index contributed by atoms with van der Waals surface area (Å²) < 4.78 is 5.92. The van der Waals surface area contributed by atoms with Crippen LogP contribution in [0.3, 0.4) is 0 Å². The van der Waals surface area contributed by atoms with Gasteiger partial charge in [0.15, 0.2) is 0 Å². The molecule has 0 bridgehead atoms. The Morgan fingerprint density at radius 1 is 1.11 bits per heavy atom. The van der Waals surface area contributed by atoms with Crippen molar-refractivity contribution in [1.29, 1.82) is 0 Å². The van der Waals surface area contributed by atoms with E-state index in [4.69, 9.17) is 4.42 Å². The van der Waals surface area contributed by atoms with E-state index in [-0.39, 0.29) is 0 Å². The van der Waals surface area contributed by atoms with Crippen molar-refractivity contribution in [2.24, 2.45) is 0 Å². The number of fused-ring (bicyclic) bond motifs is 5. The molecule has 2 atom stereocenters. The van der Waals surface area contributed by atoms with Gasteiger partial charge >= 0.3 is 0 Å². The third-order valence-corrected chi connectivity index (χ3v) is 4.29. The summed E-state index contributed by atoms with van der Waals surface area (Å²) in [6, 6.07) is 3.93. The zero-order valence-electron chi connectivity index (χ0n) is 10.6. The molecule has 98 valence electrons. The fraction of sp³-hybridized carbons (Fsp3) is 0.375. The van der Waals surface area contributed by atoms with Crippen LogP contribution in [0.25, 0.3) is 17.0 Å². The van der Waals surface area contributed by atoms with Crippen LogP contribution >= 0.6 is 0 Å². The summed E-state index contributed by atoms with van der Waals surface area (Å²) in [6.07, 6.45) is 6.16. The Morgan fingerprint density at radius 2 is 1.95 bits per heavy atom. The number of aryl methyl sites for hydroxylation is 2. The quantitative estimate of drug-likeness (QED) is 0.762. The molecule has 0 fully saturated rings. The molecule has 2 N–H and O–H groups in total. The second kappa shape index (κ2) is 3.95. The van der Waals surface area contributed by atoms with E-state index in [1.165, 1.54) is 18.4 Å². The summed E-state index contributed by atoms with van der Waals surface area (Å²) in [5.41, 5.74) is 3.89. The predicted octanol–water partition coefficient (Wildman–Crippen LogP) is 2.73. The molecule has 0 spiro atoms. The molecule has 0 aliphatic heterocycles. The van der Waals surface area contributed by atoms with Gasteiger partial charge in [0.25, 0.3) is 0 Å². The highest BCUT2D eigenvalue weighted by Crippen LogP contribution is 2.40. The first-order valence-corrected chi connectivity index (χ1v) is 6.87. The molecule has 19 heavy (non-hydrogen) atoms. The van der Waals surface area contributed by atoms with Gasteiger partial charge in [-0.1, -0.05) is 18.2 Å². The van der Waals surface area contributed by atoms with Crippen molar-refractivity contribution in [2.45, 2.75) is 37.9 Å². The summed E-state index contributed by atoms with van der Waals surface area (Å²) in [7, 11) is 0. The van der Waals surface area contributed by atoms with E-state index in [1.54, 1.807) is 6.08 Å². The van der Waals surface area contributed by atoms with E-state index in [0.717, 1.165) is 40.7 Å². The first-order chi connectivity index (χ1) is 9.25. The van der Waals surface area contributed by atoms with Crippen LogP contribution in [0.4, 0.5) is 0 Å². The van der Waals surface area contributed by atoms with E-state index in [1.807, 2.05) is 18.2 Å². The molecule has 0 saturated heterocycles. The van der Waals surface area contributed by atoms with Crippen molar-refractivity contribution < 1.29 is 14.6 Å².